The Kier molecular flexibility index (Phi) is 6.93. The van der Waals surface area contributed by atoms with E-state index in [2.05, 4.69) is 30.8 Å². The Labute approximate surface area is 219 Å². The molecular weight excluding hydrogens is 514 g/mol. The van der Waals surface area contributed by atoms with Crippen LogP contribution in [-0.4, -0.2) is 58.0 Å². The number of anilines is 1. The van der Waals surface area contributed by atoms with E-state index in [4.69, 9.17) is 26.4 Å². The van der Waals surface area contributed by atoms with Crippen LogP contribution in [0.3, 0.4) is 0 Å². The molecule has 0 bridgehead atoms. The molecule has 0 saturated heterocycles. The van der Waals surface area contributed by atoms with E-state index in [1.165, 1.54) is 28.8 Å². The number of rotatable bonds is 8. The van der Waals surface area contributed by atoms with Gasteiger partial charge in [0.1, 0.15) is 24.6 Å². The first-order valence-electron chi connectivity index (χ1n) is 11.2. The second-order valence-electron chi connectivity index (χ2n) is 8.08. The number of H-pyrrole nitrogens is 1. The highest BCUT2D eigenvalue weighted by atomic mass is 35.5. The molecule has 3 N–H and O–H groups in total. The third-order valence-corrected chi connectivity index (χ3v) is 5.81. The van der Waals surface area contributed by atoms with Crippen LogP contribution in [0, 0.1) is 0 Å². The Morgan fingerprint density at radius 3 is 2.71 bits per heavy atom. The number of imidazole rings is 1. The number of ether oxygens (including phenoxy) is 1. The monoisotopic (exact) mass is 533 g/mol. The summed E-state index contributed by atoms with van der Waals surface area (Å²) in [6.07, 6.45) is 1.94. The van der Waals surface area contributed by atoms with Gasteiger partial charge in [-0.1, -0.05) is 23.7 Å². The number of hydrogen-bond donors (Lipinski definition) is 3. The molecule has 0 radical (unpaired) electrons. The Morgan fingerprint density at radius 2 is 2.00 bits per heavy atom. The molecule has 192 valence electrons. The van der Waals surface area contributed by atoms with Crippen LogP contribution in [0.4, 0.5) is 10.5 Å². The highest BCUT2D eigenvalue weighted by Crippen LogP contribution is 2.28. The average Bonchev–Trinajstić information content (AvgIpc) is 3.59. The smallest absolute Gasteiger partial charge is 0.409 e. The van der Waals surface area contributed by atoms with Crippen molar-refractivity contribution < 1.29 is 14.6 Å². The minimum atomic E-state index is -1.14. The number of carbonyl (C=O) groups is 1. The van der Waals surface area contributed by atoms with Crippen LogP contribution in [0.5, 0.6) is 0 Å². The van der Waals surface area contributed by atoms with E-state index in [1.54, 1.807) is 48.7 Å². The summed E-state index contributed by atoms with van der Waals surface area (Å²) in [7, 11) is 1.52. The molecule has 0 atom stereocenters. The number of halogens is 1. The number of aromatic amines is 1. The number of amides is 1. The molecule has 38 heavy (non-hydrogen) atoms. The molecule has 14 heteroatoms. The highest BCUT2D eigenvalue weighted by molar-refractivity contribution is 6.31. The summed E-state index contributed by atoms with van der Waals surface area (Å²) in [5.74, 6) is 0.915. The van der Waals surface area contributed by atoms with Gasteiger partial charge in [-0.05, 0) is 46.3 Å². The predicted molar refractivity (Wildman–Crippen MR) is 137 cm³/mol. The molecule has 0 aliphatic heterocycles. The summed E-state index contributed by atoms with van der Waals surface area (Å²) in [5.41, 5.74) is 3.21. The highest BCUT2D eigenvalue weighted by Gasteiger charge is 2.16. The van der Waals surface area contributed by atoms with Crippen molar-refractivity contribution in [1.82, 2.24) is 39.7 Å². The predicted octanol–water partition coefficient (Wildman–Crippen LogP) is 3.21. The number of aromatic nitrogens is 8. The van der Waals surface area contributed by atoms with Crippen LogP contribution in [0.15, 0.2) is 65.8 Å². The largest absolute Gasteiger partial charge is 0.465 e. The second kappa shape index (κ2) is 10.6. The van der Waals surface area contributed by atoms with Crippen LogP contribution in [0.25, 0.3) is 28.2 Å². The first-order chi connectivity index (χ1) is 18.4. The zero-order valence-electron chi connectivity index (χ0n) is 19.9. The number of hydrogen-bond acceptors (Lipinski definition) is 8. The normalized spacial score (nSPS) is 11.0. The summed E-state index contributed by atoms with van der Waals surface area (Å²) < 4.78 is 8.26. The number of methoxy groups -OCH3 is 1. The number of tetrazole rings is 1. The lowest BCUT2D eigenvalue weighted by molar-refractivity contribution is 0.173. The molecule has 0 aliphatic rings. The molecule has 3 aromatic heterocycles. The van der Waals surface area contributed by atoms with E-state index in [0.29, 0.717) is 45.0 Å². The Morgan fingerprint density at radius 1 is 1.18 bits per heavy atom. The molecule has 0 unspecified atom stereocenters. The maximum Gasteiger partial charge on any atom is 0.409 e. The van der Waals surface area contributed by atoms with Crippen molar-refractivity contribution in [3.63, 3.8) is 0 Å². The molecule has 0 spiro atoms. The molecule has 3 heterocycles. The minimum absolute atomic E-state index is 0.0788. The van der Waals surface area contributed by atoms with E-state index < -0.39 is 6.09 Å². The molecule has 5 aromatic rings. The molecule has 5 rings (SSSR count). The van der Waals surface area contributed by atoms with Gasteiger partial charge in [0.05, 0.1) is 29.8 Å². The first-order valence-corrected chi connectivity index (χ1v) is 11.6. The van der Waals surface area contributed by atoms with Crippen molar-refractivity contribution in [2.75, 3.05) is 12.4 Å². The van der Waals surface area contributed by atoms with E-state index in [0.717, 1.165) is 5.56 Å². The fraction of sp³-hybridized carbons (Fsp3) is 0.125. The molecule has 13 nitrogen and oxygen atoms in total. The summed E-state index contributed by atoms with van der Waals surface area (Å²) in [6, 6.07) is 13.4. The summed E-state index contributed by atoms with van der Waals surface area (Å²) >= 11 is 6.25. The Bertz CT molecular complexity index is 1650. The zero-order chi connectivity index (χ0) is 26.6. The molecule has 0 fully saturated rings. The van der Waals surface area contributed by atoms with E-state index >= 15 is 0 Å². The van der Waals surface area contributed by atoms with Crippen LogP contribution in [0.1, 0.15) is 11.6 Å². The molecule has 2 aromatic carbocycles. The standard InChI is InChI=1S/C24H20ClN9O4/c1-38-12-22-30-18(17-8-15(25)4-7-20(17)34-13-27-31-32-34)9-23(35)33(22)11-21-26-10-19(29-21)14-2-5-16(6-3-14)28-24(36)37/h2-10,13,28H,11-12H2,1H3,(H,26,29)(H,36,37). The van der Waals surface area contributed by atoms with Gasteiger partial charge in [0.2, 0.25) is 0 Å². The van der Waals surface area contributed by atoms with Crippen molar-refractivity contribution in [2.45, 2.75) is 13.2 Å². The van der Waals surface area contributed by atoms with Crippen molar-refractivity contribution in [2.24, 2.45) is 0 Å². The minimum Gasteiger partial charge on any atom is -0.465 e. The molecule has 0 aliphatic carbocycles. The maximum atomic E-state index is 13.3. The second-order valence-corrected chi connectivity index (χ2v) is 8.52. The van der Waals surface area contributed by atoms with Gasteiger partial charge in [-0.2, -0.15) is 4.68 Å². The van der Waals surface area contributed by atoms with Crippen molar-refractivity contribution in [1.29, 1.82) is 0 Å². The zero-order valence-corrected chi connectivity index (χ0v) is 20.6. The van der Waals surface area contributed by atoms with Crippen molar-refractivity contribution >= 4 is 23.4 Å². The van der Waals surface area contributed by atoms with Crippen LogP contribution >= 0.6 is 11.6 Å². The fourth-order valence-electron chi connectivity index (χ4n) is 3.88. The summed E-state index contributed by atoms with van der Waals surface area (Å²) in [6.45, 7) is 0.203. The van der Waals surface area contributed by atoms with Gasteiger partial charge >= 0.3 is 6.09 Å². The Hall–Kier alpha value is -4.88. The van der Waals surface area contributed by atoms with Gasteiger partial charge in [-0.15, -0.1) is 5.10 Å². The van der Waals surface area contributed by atoms with Gasteiger partial charge in [-0.3, -0.25) is 14.7 Å². The van der Waals surface area contributed by atoms with Crippen LogP contribution in [-0.2, 0) is 17.9 Å². The van der Waals surface area contributed by atoms with Crippen LogP contribution < -0.4 is 10.9 Å². The van der Waals surface area contributed by atoms with Crippen molar-refractivity contribution in [3.05, 3.63) is 88.1 Å². The lowest BCUT2D eigenvalue weighted by atomic mass is 10.1. The number of benzene rings is 2. The molecule has 1 amide bonds. The third-order valence-electron chi connectivity index (χ3n) is 5.57. The van der Waals surface area contributed by atoms with E-state index in [9.17, 15) is 9.59 Å². The van der Waals surface area contributed by atoms with Gasteiger partial charge in [-0.25, -0.2) is 14.8 Å². The number of nitrogens with one attached hydrogen (secondary N) is 2. The van der Waals surface area contributed by atoms with E-state index in [-0.39, 0.29) is 18.7 Å². The fourth-order valence-corrected chi connectivity index (χ4v) is 4.05. The van der Waals surface area contributed by atoms with E-state index in [1.807, 2.05) is 0 Å². The summed E-state index contributed by atoms with van der Waals surface area (Å²) in [4.78, 5) is 36.4. The van der Waals surface area contributed by atoms with Gasteiger partial charge in [0.25, 0.3) is 5.56 Å². The first kappa shape index (κ1) is 24.8. The topological polar surface area (TPSA) is 166 Å². The average molecular weight is 534 g/mol. The SMILES string of the molecule is COCc1nc(-c2cc(Cl)ccc2-n2cnnn2)cc(=O)n1Cc1ncc(-c2ccc(NC(=O)O)cc2)[nH]1. The van der Waals surface area contributed by atoms with Gasteiger partial charge < -0.3 is 14.8 Å². The van der Waals surface area contributed by atoms with Crippen molar-refractivity contribution in [3.8, 4) is 28.2 Å². The summed E-state index contributed by atoms with van der Waals surface area (Å²) in [5, 5.41) is 22.9. The number of carboxylic acid groups (broad SMARTS) is 1. The van der Waals surface area contributed by atoms with Crippen LogP contribution in [0.2, 0.25) is 5.02 Å². The number of nitrogens with zero attached hydrogens (tertiary/aromatic N) is 7. The molecule has 0 saturated carbocycles. The third kappa shape index (κ3) is 5.28. The lowest BCUT2D eigenvalue weighted by Gasteiger charge is -2.14. The maximum absolute atomic E-state index is 13.3. The van der Waals surface area contributed by atoms with Gasteiger partial charge in [0, 0.05) is 29.4 Å². The molecular formula is C24H20ClN9O4. The Balaban J connectivity index is 1.47. The van der Waals surface area contributed by atoms with Gasteiger partial charge in [0.15, 0.2) is 0 Å². The lowest BCUT2D eigenvalue weighted by Crippen LogP contribution is -2.26. The quantitative estimate of drug-likeness (QED) is 0.271.